The maximum atomic E-state index is 5.79. The van der Waals surface area contributed by atoms with E-state index in [0.29, 0.717) is 6.04 Å². The fourth-order valence-electron chi connectivity index (χ4n) is 2.29. The number of nitrogen functional groups attached to an aromatic ring is 1. The van der Waals surface area contributed by atoms with Crippen molar-refractivity contribution in [2.75, 3.05) is 5.73 Å². The highest BCUT2D eigenvalue weighted by Gasteiger charge is 2.21. The highest BCUT2D eigenvalue weighted by Crippen LogP contribution is 2.32. The van der Waals surface area contributed by atoms with Crippen LogP contribution in [0.5, 0.6) is 0 Å². The molecule has 0 aliphatic heterocycles. The second-order valence-corrected chi connectivity index (χ2v) is 4.54. The molecular formula is C11H19N3. The van der Waals surface area contributed by atoms with Gasteiger partial charge in [-0.25, -0.2) is 0 Å². The Morgan fingerprint density at radius 1 is 1.36 bits per heavy atom. The van der Waals surface area contributed by atoms with Crippen molar-refractivity contribution in [3.63, 3.8) is 0 Å². The number of hydrogen-bond acceptors (Lipinski definition) is 2. The lowest BCUT2D eigenvalue weighted by Gasteiger charge is -2.27. The van der Waals surface area contributed by atoms with Crippen LogP contribution < -0.4 is 5.73 Å². The van der Waals surface area contributed by atoms with Gasteiger partial charge in [-0.1, -0.05) is 6.92 Å². The first-order chi connectivity index (χ1) is 6.68. The summed E-state index contributed by atoms with van der Waals surface area (Å²) < 4.78 is 2.11. The number of hydrogen-bond donors (Lipinski definition) is 1. The molecular weight excluding hydrogens is 174 g/mol. The number of rotatable bonds is 1. The highest BCUT2D eigenvalue weighted by molar-refractivity contribution is 5.39. The van der Waals surface area contributed by atoms with E-state index >= 15 is 0 Å². The normalized spacial score (nSPS) is 27.9. The van der Waals surface area contributed by atoms with Crippen molar-refractivity contribution in [3.05, 3.63) is 11.9 Å². The second kappa shape index (κ2) is 3.64. The van der Waals surface area contributed by atoms with E-state index in [0.717, 1.165) is 17.3 Å². The minimum Gasteiger partial charge on any atom is -0.396 e. The Balaban J connectivity index is 2.12. The molecule has 0 amide bonds. The molecule has 2 rings (SSSR count). The van der Waals surface area contributed by atoms with Crippen LogP contribution in [0.1, 0.15) is 44.3 Å². The largest absolute Gasteiger partial charge is 0.396 e. The van der Waals surface area contributed by atoms with Gasteiger partial charge in [0.1, 0.15) is 0 Å². The molecule has 0 spiro atoms. The fourth-order valence-corrected chi connectivity index (χ4v) is 2.29. The Morgan fingerprint density at radius 2 is 2.00 bits per heavy atom. The topological polar surface area (TPSA) is 43.8 Å². The average Bonchev–Trinajstić information content (AvgIpc) is 2.50. The Morgan fingerprint density at radius 3 is 2.50 bits per heavy atom. The van der Waals surface area contributed by atoms with Crippen LogP contribution in [0.3, 0.4) is 0 Å². The van der Waals surface area contributed by atoms with Gasteiger partial charge in [-0.3, -0.25) is 4.68 Å². The zero-order valence-corrected chi connectivity index (χ0v) is 9.03. The first kappa shape index (κ1) is 9.56. The summed E-state index contributed by atoms with van der Waals surface area (Å²) in [5.41, 5.74) is 7.74. The summed E-state index contributed by atoms with van der Waals surface area (Å²) >= 11 is 0. The van der Waals surface area contributed by atoms with Crippen LogP contribution in [-0.4, -0.2) is 9.78 Å². The summed E-state index contributed by atoms with van der Waals surface area (Å²) in [6, 6.07) is 0.587. The number of aromatic nitrogens is 2. The zero-order valence-electron chi connectivity index (χ0n) is 9.03. The summed E-state index contributed by atoms with van der Waals surface area (Å²) in [7, 11) is 0. The third kappa shape index (κ3) is 1.63. The molecule has 1 aromatic heterocycles. The second-order valence-electron chi connectivity index (χ2n) is 4.54. The first-order valence-electron chi connectivity index (χ1n) is 5.48. The number of anilines is 1. The maximum Gasteiger partial charge on any atom is 0.0730 e. The lowest BCUT2D eigenvalue weighted by atomic mass is 9.87. The van der Waals surface area contributed by atoms with E-state index in [1.807, 2.05) is 0 Å². The van der Waals surface area contributed by atoms with Crippen molar-refractivity contribution < 1.29 is 0 Å². The van der Waals surface area contributed by atoms with Gasteiger partial charge in [-0.2, -0.15) is 5.10 Å². The molecule has 0 saturated heterocycles. The van der Waals surface area contributed by atoms with Crippen LogP contribution in [-0.2, 0) is 0 Å². The van der Waals surface area contributed by atoms with Gasteiger partial charge >= 0.3 is 0 Å². The quantitative estimate of drug-likeness (QED) is 0.744. The predicted molar refractivity (Wildman–Crippen MR) is 58.0 cm³/mol. The third-order valence-corrected chi connectivity index (χ3v) is 3.41. The van der Waals surface area contributed by atoms with Crippen molar-refractivity contribution >= 4 is 5.69 Å². The Kier molecular flexibility index (Phi) is 2.48. The van der Waals surface area contributed by atoms with Crippen molar-refractivity contribution in [3.8, 4) is 0 Å². The summed E-state index contributed by atoms with van der Waals surface area (Å²) in [5.74, 6) is 0.888. The van der Waals surface area contributed by atoms with E-state index in [4.69, 9.17) is 5.73 Å². The summed E-state index contributed by atoms with van der Waals surface area (Å²) in [4.78, 5) is 0. The molecule has 0 unspecified atom stereocenters. The minimum absolute atomic E-state index is 0.587. The monoisotopic (exact) mass is 193 g/mol. The predicted octanol–water partition coefficient (Wildman–Crippen LogP) is 2.52. The summed E-state index contributed by atoms with van der Waals surface area (Å²) in [6.45, 7) is 4.39. The molecule has 1 saturated carbocycles. The molecule has 2 N–H and O–H groups in total. The van der Waals surface area contributed by atoms with Gasteiger partial charge in [0.2, 0.25) is 0 Å². The van der Waals surface area contributed by atoms with E-state index in [2.05, 4.69) is 23.6 Å². The van der Waals surface area contributed by atoms with Gasteiger partial charge in [0.15, 0.2) is 0 Å². The molecule has 1 fully saturated rings. The van der Waals surface area contributed by atoms with Crippen molar-refractivity contribution in [2.24, 2.45) is 5.92 Å². The van der Waals surface area contributed by atoms with Crippen LogP contribution in [0, 0.1) is 12.8 Å². The van der Waals surface area contributed by atoms with Crippen LogP contribution in [0.2, 0.25) is 0 Å². The minimum atomic E-state index is 0.587. The SMILES string of the molecule is Cc1c(N)cnn1C1CCC(C)CC1. The van der Waals surface area contributed by atoms with Gasteiger partial charge in [0, 0.05) is 0 Å². The highest BCUT2D eigenvalue weighted by atomic mass is 15.3. The Labute approximate surface area is 85.3 Å². The Hall–Kier alpha value is -0.990. The molecule has 14 heavy (non-hydrogen) atoms. The van der Waals surface area contributed by atoms with Crippen molar-refractivity contribution in [2.45, 2.75) is 45.6 Å². The smallest absolute Gasteiger partial charge is 0.0730 e. The van der Waals surface area contributed by atoms with E-state index in [1.54, 1.807) is 6.20 Å². The van der Waals surface area contributed by atoms with Gasteiger partial charge in [0.05, 0.1) is 23.6 Å². The molecule has 3 heteroatoms. The van der Waals surface area contributed by atoms with Gasteiger partial charge in [-0.05, 0) is 38.5 Å². The van der Waals surface area contributed by atoms with Crippen LogP contribution in [0.25, 0.3) is 0 Å². The van der Waals surface area contributed by atoms with E-state index in [1.165, 1.54) is 25.7 Å². The van der Waals surface area contributed by atoms with E-state index in [9.17, 15) is 0 Å². The van der Waals surface area contributed by atoms with Crippen LogP contribution >= 0.6 is 0 Å². The number of nitrogens with zero attached hydrogens (tertiary/aromatic N) is 2. The molecule has 1 aliphatic carbocycles. The fraction of sp³-hybridized carbons (Fsp3) is 0.727. The molecule has 0 aromatic carbocycles. The van der Waals surface area contributed by atoms with E-state index < -0.39 is 0 Å². The molecule has 0 bridgehead atoms. The molecule has 1 aromatic rings. The zero-order chi connectivity index (χ0) is 10.1. The molecule has 3 nitrogen and oxygen atoms in total. The first-order valence-corrected chi connectivity index (χ1v) is 5.48. The lowest BCUT2D eigenvalue weighted by Crippen LogP contribution is -2.18. The standard InChI is InChI=1S/C11H19N3/c1-8-3-5-10(6-4-8)14-9(2)11(12)7-13-14/h7-8,10H,3-6,12H2,1-2H3. The summed E-state index contributed by atoms with van der Waals surface area (Å²) in [5, 5.41) is 4.36. The third-order valence-electron chi connectivity index (χ3n) is 3.41. The Bertz CT molecular complexity index is 308. The average molecular weight is 193 g/mol. The van der Waals surface area contributed by atoms with Crippen LogP contribution in [0.15, 0.2) is 6.20 Å². The molecule has 1 heterocycles. The maximum absolute atomic E-state index is 5.79. The molecule has 0 radical (unpaired) electrons. The van der Waals surface area contributed by atoms with Gasteiger partial charge in [-0.15, -0.1) is 0 Å². The lowest BCUT2D eigenvalue weighted by molar-refractivity contribution is 0.271. The van der Waals surface area contributed by atoms with Crippen LogP contribution in [0.4, 0.5) is 5.69 Å². The van der Waals surface area contributed by atoms with Gasteiger partial charge < -0.3 is 5.73 Å². The molecule has 0 atom stereocenters. The van der Waals surface area contributed by atoms with Gasteiger partial charge in [0.25, 0.3) is 0 Å². The van der Waals surface area contributed by atoms with Crippen molar-refractivity contribution in [1.82, 2.24) is 9.78 Å². The van der Waals surface area contributed by atoms with Crippen molar-refractivity contribution in [1.29, 1.82) is 0 Å². The summed E-state index contributed by atoms with van der Waals surface area (Å²) in [6.07, 6.45) is 6.92. The molecule has 1 aliphatic rings. The number of nitrogens with two attached hydrogens (primary N) is 1. The molecule has 78 valence electrons. The van der Waals surface area contributed by atoms with E-state index in [-0.39, 0.29) is 0 Å².